The normalized spacial score (nSPS) is 10.8. The summed E-state index contributed by atoms with van der Waals surface area (Å²) in [5, 5.41) is 17.6. The van der Waals surface area contributed by atoms with E-state index < -0.39 is 28.6 Å². The summed E-state index contributed by atoms with van der Waals surface area (Å²) < 4.78 is 27.7. The minimum atomic E-state index is -0.898. The van der Waals surface area contributed by atoms with Gasteiger partial charge < -0.3 is 21.4 Å². The first-order valence-corrected chi connectivity index (χ1v) is 6.92. The molecule has 0 fully saturated rings. The number of hydrogen-bond acceptors (Lipinski definition) is 5. The topological polar surface area (TPSA) is 119 Å². The molecule has 0 unspecified atom stereocenters. The summed E-state index contributed by atoms with van der Waals surface area (Å²) in [6, 6.07) is 3.24. The van der Waals surface area contributed by atoms with Gasteiger partial charge in [-0.25, -0.2) is 8.78 Å². The zero-order valence-corrected chi connectivity index (χ0v) is 12.8. The largest absolute Gasteiger partial charge is 0.404 e. The smallest absolute Gasteiger partial charge is 0.259 e. The third-order valence-electron chi connectivity index (χ3n) is 3.13. The predicted molar refractivity (Wildman–Crippen MR) is 96.3 cm³/mol. The van der Waals surface area contributed by atoms with Crippen molar-refractivity contribution in [1.82, 2.24) is 4.98 Å². The van der Waals surface area contributed by atoms with Crippen LogP contribution in [-0.4, -0.2) is 16.9 Å². The lowest BCUT2D eigenvalue weighted by Gasteiger charge is -2.15. The van der Waals surface area contributed by atoms with Gasteiger partial charge in [0, 0.05) is 24.2 Å². The summed E-state index contributed by atoms with van der Waals surface area (Å²) >= 11 is 6.01. The molecule has 0 radical (unpaired) electrons. The molecule has 6 N–H and O–H groups in total. The SMILES string of the molecule is C.N=C/C(=C\N)C(=N)c1c(Nc2c(F)cccc2F)c(Cl)c[nH]c1=O. The molecule has 9 heteroatoms. The summed E-state index contributed by atoms with van der Waals surface area (Å²) in [6.45, 7) is 0. The van der Waals surface area contributed by atoms with Crippen molar-refractivity contribution in [2.24, 2.45) is 5.73 Å². The maximum atomic E-state index is 13.8. The molecule has 25 heavy (non-hydrogen) atoms. The van der Waals surface area contributed by atoms with Gasteiger partial charge in [-0.05, 0) is 12.1 Å². The molecule has 132 valence electrons. The average Bonchev–Trinajstić information content (AvgIpc) is 2.55. The lowest BCUT2D eigenvalue weighted by Crippen LogP contribution is -2.22. The van der Waals surface area contributed by atoms with E-state index in [1.54, 1.807) is 0 Å². The molecular formula is C16H16ClF2N5O. The van der Waals surface area contributed by atoms with Crippen LogP contribution in [0.2, 0.25) is 5.02 Å². The molecule has 0 aliphatic heterocycles. The number of halogens is 3. The quantitative estimate of drug-likeness (QED) is 0.520. The Morgan fingerprint density at radius 1 is 1.28 bits per heavy atom. The Kier molecular flexibility index (Phi) is 6.58. The number of aromatic nitrogens is 1. The maximum Gasteiger partial charge on any atom is 0.259 e. The summed E-state index contributed by atoms with van der Waals surface area (Å²) in [4.78, 5) is 14.4. The van der Waals surface area contributed by atoms with Crippen LogP contribution >= 0.6 is 11.6 Å². The van der Waals surface area contributed by atoms with Crippen molar-refractivity contribution >= 4 is 34.9 Å². The first-order valence-electron chi connectivity index (χ1n) is 6.54. The van der Waals surface area contributed by atoms with E-state index in [2.05, 4.69) is 10.3 Å². The van der Waals surface area contributed by atoms with Crippen LogP contribution in [0, 0.1) is 22.5 Å². The minimum Gasteiger partial charge on any atom is -0.404 e. The average molecular weight is 368 g/mol. The summed E-state index contributed by atoms with van der Waals surface area (Å²) in [6.07, 6.45) is 2.86. The molecule has 1 aromatic heterocycles. The number of aromatic amines is 1. The van der Waals surface area contributed by atoms with Crippen LogP contribution in [0.5, 0.6) is 0 Å². The number of hydrogen-bond donors (Lipinski definition) is 5. The molecule has 0 saturated heterocycles. The maximum absolute atomic E-state index is 13.8. The number of para-hydroxylation sites is 1. The van der Waals surface area contributed by atoms with Crippen molar-refractivity contribution in [3.8, 4) is 0 Å². The van der Waals surface area contributed by atoms with Crippen molar-refractivity contribution in [3.63, 3.8) is 0 Å². The highest BCUT2D eigenvalue weighted by atomic mass is 35.5. The molecule has 1 aromatic carbocycles. The van der Waals surface area contributed by atoms with E-state index >= 15 is 0 Å². The number of pyridine rings is 1. The molecular weight excluding hydrogens is 352 g/mol. The molecule has 6 nitrogen and oxygen atoms in total. The van der Waals surface area contributed by atoms with Gasteiger partial charge in [0.15, 0.2) is 0 Å². The van der Waals surface area contributed by atoms with E-state index in [1.165, 1.54) is 6.07 Å². The highest BCUT2D eigenvalue weighted by Crippen LogP contribution is 2.30. The fraction of sp³-hybridized carbons (Fsp3) is 0.0625. The summed E-state index contributed by atoms with van der Waals surface area (Å²) in [5.74, 6) is -1.80. The molecule has 0 saturated carbocycles. The van der Waals surface area contributed by atoms with Crippen LogP contribution in [-0.2, 0) is 0 Å². The van der Waals surface area contributed by atoms with Crippen LogP contribution in [0.3, 0.4) is 0 Å². The van der Waals surface area contributed by atoms with Crippen molar-refractivity contribution in [2.45, 2.75) is 7.43 Å². The molecule has 0 amide bonds. The van der Waals surface area contributed by atoms with Crippen LogP contribution in [0.4, 0.5) is 20.2 Å². The van der Waals surface area contributed by atoms with E-state index in [0.717, 1.165) is 30.7 Å². The monoisotopic (exact) mass is 367 g/mol. The second kappa shape index (κ2) is 8.20. The standard InChI is InChI=1S/C15H12ClF2N5O.CH4/c16-8-6-22-15(24)11(12(21)7(4-19)5-20)13(8)23-14-9(17)2-1-3-10(14)18;/h1-6,19,21H,20H2,(H2,22,23,24);1H4/b7-5+,19-4?,21-12?;. The van der Waals surface area contributed by atoms with Crippen LogP contribution in [0.25, 0.3) is 0 Å². The Labute approximate surface area is 147 Å². The van der Waals surface area contributed by atoms with Gasteiger partial charge in [0.05, 0.1) is 22.0 Å². The van der Waals surface area contributed by atoms with Crippen molar-refractivity contribution in [1.29, 1.82) is 10.8 Å². The van der Waals surface area contributed by atoms with E-state index in [1.807, 2.05) is 0 Å². The zero-order chi connectivity index (χ0) is 17.9. The highest BCUT2D eigenvalue weighted by molar-refractivity contribution is 6.35. The van der Waals surface area contributed by atoms with Gasteiger partial charge in [0.25, 0.3) is 5.56 Å². The Hall–Kier alpha value is -3.00. The second-order valence-electron chi connectivity index (χ2n) is 4.58. The molecule has 0 bridgehead atoms. The number of anilines is 2. The summed E-state index contributed by atoms with van der Waals surface area (Å²) in [5.41, 5.74) is 3.11. The van der Waals surface area contributed by atoms with Gasteiger partial charge in [0.2, 0.25) is 0 Å². The van der Waals surface area contributed by atoms with Crippen LogP contribution < -0.4 is 16.6 Å². The molecule has 0 spiro atoms. The van der Waals surface area contributed by atoms with Crippen molar-refractivity contribution in [2.75, 3.05) is 5.32 Å². The molecule has 0 aliphatic rings. The molecule has 1 heterocycles. The fourth-order valence-electron chi connectivity index (χ4n) is 1.96. The molecule has 2 rings (SSSR count). The highest BCUT2D eigenvalue weighted by Gasteiger charge is 2.20. The number of allylic oxidation sites excluding steroid dienone is 1. The van der Waals surface area contributed by atoms with Gasteiger partial charge in [-0.15, -0.1) is 0 Å². The third kappa shape index (κ3) is 3.92. The third-order valence-corrected chi connectivity index (χ3v) is 3.43. The first kappa shape index (κ1) is 20.0. The van der Waals surface area contributed by atoms with Crippen molar-refractivity contribution in [3.05, 3.63) is 68.7 Å². The van der Waals surface area contributed by atoms with Gasteiger partial charge in [-0.3, -0.25) is 10.2 Å². The second-order valence-corrected chi connectivity index (χ2v) is 4.99. The Morgan fingerprint density at radius 2 is 1.88 bits per heavy atom. The predicted octanol–water partition coefficient (Wildman–Crippen LogP) is 3.55. The molecule has 0 atom stereocenters. The number of H-pyrrole nitrogens is 1. The molecule has 0 aliphatic carbocycles. The first-order chi connectivity index (χ1) is 11.4. The Morgan fingerprint density at radius 3 is 2.40 bits per heavy atom. The van der Waals surface area contributed by atoms with Gasteiger partial charge >= 0.3 is 0 Å². The Bertz CT molecular complexity index is 888. The van der Waals surface area contributed by atoms with Crippen molar-refractivity contribution < 1.29 is 8.78 Å². The van der Waals surface area contributed by atoms with Crippen LogP contribution in [0.15, 0.2) is 41.0 Å². The van der Waals surface area contributed by atoms with E-state index in [9.17, 15) is 13.6 Å². The lowest BCUT2D eigenvalue weighted by molar-refractivity contribution is 0.591. The Balaban J connectivity index is 0.00000312. The van der Waals surface area contributed by atoms with Gasteiger partial charge in [0.1, 0.15) is 17.3 Å². The minimum absolute atomic E-state index is 0. The fourth-order valence-corrected chi connectivity index (χ4v) is 2.15. The summed E-state index contributed by atoms with van der Waals surface area (Å²) in [7, 11) is 0. The number of nitrogens with one attached hydrogen (secondary N) is 4. The van der Waals surface area contributed by atoms with E-state index in [-0.39, 0.29) is 29.3 Å². The number of benzene rings is 1. The van der Waals surface area contributed by atoms with E-state index in [0.29, 0.717) is 0 Å². The number of rotatable bonds is 5. The van der Waals surface area contributed by atoms with Gasteiger partial charge in [-0.2, -0.15) is 0 Å². The molecule has 2 aromatic rings. The van der Waals surface area contributed by atoms with Crippen LogP contribution in [0.1, 0.15) is 13.0 Å². The van der Waals surface area contributed by atoms with Gasteiger partial charge in [-0.1, -0.05) is 25.1 Å². The number of nitrogens with two attached hydrogens (primary N) is 1. The zero-order valence-electron chi connectivity index (χ0n) is 12.1. The van der Waals surface area contributed by atoms with E-state index in [4.69, 9.17) is 28.2 Å². The lowest BCUT2D eigenvalue weighted by atomic mass is 10.0.